The van der Waals surface area contributed by atoms with E-state index in [1.807, 2.05) is 45.0 Å². The summed E-state index contributed by atoms with van der Waals surface area (Å²) in [5.41, 5.74) is 4.57. The van der Waals surface area contributed by atoms with Gasteiger partial charge in [0.15, 0.2) is 0 Å². The Kier molecular flexibility index (Phi) is 5.47. The summed E-state index contributed by atoms with van der Waals surface area (Å²) < 4.78 is 12.2. The third-order valence-corrected chi connectivity index (χ3v) is 6.96. The Morgan fingerprint density at radius 2 is 1.84 bits per heavy atom. The Morgan fingerprint density at radius 1 is 1.13 bits per heavy atom. The first-order chi connectivity index (χ1) is 14.7. The molecule has 4 rings (SSSR count). The average Bonchev–Trinajstić information content (AvgIpc) is 3.06. The van der Waals surface area contributed by atoms with E-state index in [9.17, 15) is 15.0 Å². The first-order valence-electron chi connectivity index (χ1n) is 10.2. The number of phenolic OH excluding ortho intramolecular Hbond substituents is 1. The molecule has 0 spiro atoms. The molecule has 6 nitrogen and oxygen atoms in total. The van der Waals surface area contributed by atoms with Crippen molar-refractivity contribution in [1.82, 2.24) is 4.98 Å². The Bertz CT molecular complexity index is 1180. The third-order valence-electron chi connectivity index (χ3n) is 6.08. The number of hydrogen-bond donors (Lipinski definition) is 3. The molecule has 0 amide bonds. The second kappa shape index (κ2) is 7.96. The van der Waals surface area contributed by atoms with Crippen molar-refractivity contribution in [2.24, 2.45) is 5.41 Å². The standard InChI is InChI=1S/C24H27NO5S/c1-13-14(2)21-18(15(3)20(13)26)10-24(4,12-30-21)11-29-17-7-5-16(6-8-17)9-19-22(27)25-23(28)31-19/h5-8,26-27H,9-12H2,1-4H3,(H,25,28). The molecule has 7 heteroatoms. The highest BCUT2D eigenvalue weighted by Gasteiger charge is 2.35. The zero-order valence-corrected chi connectivity index (χ0v) is 19.0. The predicted molar refractivity (Wildman–Crippen MR) is 121 cm³/mol. The number of aromatic amines is 1. The van der Waals surface area contributed by atoms with Gasteiger partial charge in [-0.05, 0) is 61.6 Å². The summed E-state index contributed by atoms with van der Waals surface area (Å²) in [5.74, 6) is 1.93. The minimum Gasteiger partial charge on any atom is -0.507 e. The molecule has 31 heavy (non-hydrogen) atoms. The van der Waals surface area contributed by atoms with Crippen molar-refractivity contribution >= 4 is 11.3 Å². The number of rotatable bonds is 5. The molecule has 2 aromatic carbocycles. The molecular formula is C24H27NO5S. The van der Waals surface area contributed by atoms with Crippen molar-refractivity contribution in [3.63, 3.8) is 0 Å². The van der Waals surface area contributed by atoms with Crippen molar-refractivity contribution in [2.45, 2.75) is 40.5 Å². The first-order valence-corrected chi connectivity index (χ1v) is 11.1. The zero-order chi connectivity index (χ0) is 22.3. The summed E-state index contributed by atoms with van der Waals surface area (Å²) in [7, 11) is 0. The number of aromatic hydroxyl groups is 2. The Balaban J connectivity index is 1.44. The SMILES string of the molecule is Cc1c(C)c2c(c(C)c1O)CC(C)(COc1ccc(Cc3sc(=O)[nH]c3O)cc1)CO2. The molecule has 0 radical (unpaired) electrons. The van der Waals surface area contributed by atoms with Gasteiger partial charge in [0.05, 0.1) is 18.1 Å². The largest absolute Gasteiger partial charge is 0.507 e. The highest BCUT2D eigenvalue weighted by atomic mass is 32.1. The van der Waals surface area contributed by atoms with Gasteiger partial charge in [0.25, 0.3) is 0 Å². The molecule has 2 heterocycles. The maximum Gasteiger partial charge on any atom is 0.307 e. The topological polar surface area (TPSA) is 91.8 Å². The van der Waals surface area contributed by atoms with Gasteiger partial charge in [-0.2, -0.15) is 0 Å². The van der Waals surface area contributed by atoms with Gasteiger partial charge in [-0.25, -0.2) is 0 Å². The van der Waals surface area contributed by atoms with Gasteiger partial charge in [0.2, 0.25) is 5.88 Å². The monoisotopic (exact) mass is 441 g/mol. The van der Waals surface area contributed by atoms with Gasteiger partial charge in [0.1, 0.15) is 17.2 Å². The number of benzene rings is 2. The highest BCUT2D eigenvalue weighted by Crippen LogP contribution is 2.43. The molecule has 0 bridgehead atoms. The van der Waals surface area contributed by atoms with Crippen LogP contribution in [-0.2, 0) is 12.8 Å². The number of ether oxygens (including phenoxy) is 2. The van der Waals surface area contributed by atoms with Gasteiger partial charge >= 0.3 is 4.87 Å². The van der Waals surface area contributed by atoms with Crippen LogP contribution in [-0.4, -0.2) is 28.4 Å². The number of aromatic nitrogens is 1. The van der Waals surface area contributed by atoms with Crippen LogP contribution in [0.3, 0.4) is 0 Å². The van der Waals surface area contributed by atoms with E-state index in [2.05, 4.69) is 11.9 Å². The van der Waals surface area contributed by atoms with E-state index in [4.69, 9.17) is 9.47 Å². The van der Waals surface area contributed by atoms with Crippen molar-refractivity contribution in [1.29, 1.82) is 0 Å². The molecule has 164 valence electrons. The molecule has 1 aliphatic rings. The number of phenols is 1. The Labute approximate surface area is 185 Å². The van der Waals surface area contributed by atoms with Crippen LogP contribution >= 0.6 is 11.3 Å². The Morgan fingerprint density at radius 3 is 2.48 bits per heavy atom. The smallest absolute Gasteiger partial charge is 0.307 e. The molecule has 1 unspecified atom stereocenters. The lowest BCUT2D eigenvalue weighted by Crippen LogP contribution is -2.38. The van der Waals surface area contributed by atoms with Gasteiger partial charge in [-0.1, -0.05) is 30.4 Å². The molecule has 0 saturated carbocycles. The molecular weight excluding hydrogens is 414 g/mol. The van der Waals surface area contributed by atoms with E-state index in [1.54, 1.807) is 0 Å². The molecule has 0 saturated heterocycles. The summed E-state index contributed by atoms with van der Waals surface area (Å²) in [6.07, 6.45) is 1.26. The fourth-order valence-corrected chi connectivity index (χ4v) is 4.77. The molecule has 0 aliphatic carbocycles. The van der Waals surface area contributed by atoms with Crippen molar-refractivity contribution in [2.75, 3.05) is 13.2 Å². The Hall–Kier alpha value is -2.93. The molecule has 3 aromatic rings. The molecule has 1 aromatic heterocycles. The zero-order valence-electron chi connectivity index (χ0n) is 18.2. The fourth-order valence-electron chi connectivity index (χ4n) is 4.01. The normalized spacial score (nSPS) is 17.8. The predicted octanol–water partition coefficient (Wildman–Crippen LogP) is 4.38. The van der Waals surface area contributed by atoms with E-state index >= 15 is 0 Å². The summed E-state index contributed by atoms with van der Waals surface area (Å²) in [5, 5.41) is 20.2. The van der Waals surface area contributed by atoms with Crippen LogP contribution in [0.2, 0.25) is 0 Å². The van der Waals surface area contributed by atoms with Crippen molar-refractivity contribution in [3.05, 3.63) is 66.6 Å². The van der Waals surface area contributed by atoms with Crippen LogP contribution in [0.15, 0.2) is 29.1 Å². The van der Waals surface area contributed by atoms with E-state index in [1.165, 1.54) is 0 Å². The van der Waals surface area contributed by atoms with Crippen LogP contribution in [0.25, 0.3) is 0 Å². The second-order valence-electron chi connectivity index (χ2n) is 8.70. The maximum atomic E-state index is 11.3. The quantitative estimate of drug-likeness (QED) is 0.546. The highest BCUT2D eigenvalue weighted by molar-refractivity contribution is 7.09. The third kappa shape index (κ3) is 4.14. The van der Waals surface area contributed by atoms with Gasteiger partial charge in [-0.3, -0.25) is 9.78 Å². The number of nitrogens with one attached hydrogen (secondary N) is 1. The molecule has 1 aliphatic heterocycles. The second-order valence-corrected chi connectivity index (χ2v) is 9.77. The van der Waals surface area contributed by atoms with Gasteiger partial charge < -0.3 is 19.7 Å². The minimum atomic E-state index is -0.258. The number of H-pyrrole nitrogens is 1. The summed E-state index contributed by atoms with van der Waals surface area (Å²) in [6, 6.07) is 7.66. The number of hydrogen-bond acceptors (Lipinski definition) is 6. The minimum absolute atomic E-state index is 0.0624. The number of fused-ring (bicyclic) bond motifs is 1. The fraction of sp³-hybridized carbons (Fsp3) is 0.375. The van der Waals surface area contributed by atoms with Gasteiger partial charge in [-0.15, -0.1) is 0 Å². The number of thiazole rings is 1. The lowest BCUT2D eigenvalue weighted by molar-refractivity contribution is 0.0771. The van der Waals surface area contributed by atoms with Crippen LogP contribution in [0, 0.1) is 26.2 Å². The molecule has 3 N–H and O–H groups in total. The van der Waals surface area contributed by atoms with Crippen molar-refractivity contribution < 1.29 is 19.7 Å². The van der Waals surface area contributed by atoms with E-state index < -0.39 is 0 Å². The van der Waals surface area contributed by atoms with Crippen LogP contribution < -0.4 is 14.3 Å². The van der Waals surface area contributed by atoms with Crippen LogP contribution in [0.5, 0.6) is 23.1 Å². The van der Waals surface area contributed by atoms with E-state index in [0.717, 1.165) is 57.1 Å². The summed E-state index contributed by atoms with van der Waals surface area (Å²) in [4.78, 5) is 14.1. The first kappa shape index (κ1) is 21.3. The van der Waals surface area contributed by atoms with Crippen LogP contribution in [0.1, 0.15) is 39.6 Å². The lowest BCUT2D eigenvalue weighted by atomic mass is 9.80. The maximum absolute atomic E-state index is 11.3. The molecule has 0 fully saturated rings. The average molecular weight is 442 g/mol. The summed E-state index contributed by atoms with van der Waals surface area (Å²) >= 11 is 1.02. The lowest BCUT2D eigenvalue weighted by Gasteiger charge is -2.36. The molecule has 1 atom stereocenters. The summed E-state index contributed by atoms with van der Waals surface area (Å²) in [6.45, 7) is 9.01. The van der Waals surface area contributed by atoms with E-state index in [0.29, 0.717) is 30.3 Å². The van der Waals surface area contributed by atoms with Gasteiger partial charge in [0, 0.05) is 17.4 Å². The van der Waals surface area contributed by atoms with Crippen LogP contribution in [0.4, 0.5) is 0 Å². The van der Waals surface area contributed by atoms with E-state index in [-0.39, 0.29) is 16.2 Å². The van der Waals surface area contributed by atoms with Crippen molar-refractivity contribution in [3.8, 4) is 23.1 Å².